The minimum absolute atomic E-state index is 0.0550. The number of halogens is 4. The zero-order valence-corrected chi connectivity index (χ0v) is 20.7. The first-order valence-electron chi connectivity index (χ1n) is 11.3. The third kappa shape index (κ3) is 5.11. The molecular formula is C24H22BrF3N4O4. The van der Waals surface area contributed by atoms with Gasteiger partial charge in [0.05, 0.1) is 40.5 Å². The number of rotatable bonds is 5. The summed E-state index contributed by atoms with van der Waals surface area (Å²) in [5, 5.41) is 2.90. The number of fused-ring (bicyclic) bond motifs is 3. The largest absolute Gasteiger partial charge is 0.573 e. The van der Waals surface area contributed by atoms with Crippen LogP contribution in [0.3, 0.4) is 0 Å². The lowest BCUT2D eigenvalue weighted by Gasteiger charge is -2.35. The molecule has 0 aliphatic carbocycles. The maximum atomic E-state index is 13.1. The van der Waals surface area contributed by atoms with Gasteiger partial charge in [-0.05, 0) is 56.2 Å². The third-order valence-electron chi connectivity index (χ3n) is 6.45. The lowest BCUT2D eigenvalue weighted by molar-refractivity contribution is -0.274. The van der Waals surface area contributed by atoms with Gasteiger partial charge in [-0.15, -0.1) is 13.2 Å². The number of carbonyl (C=O) groups excluding carboxylic acids is 1. The summed E-state index contributed by atoms with van der Waals surface area (Å²) in [4.78, 5) is 32.4. The van der Waals surface area contributed by atoms with Crippen LogP contribution in [0.4, 0.5) is 18.9 Å². The molecule has 0 radical (unpaired) electrons. The molecule has 36 heavy (non-hydrogen) atoms. The second-order valence-corrected chi connectivity index (χ2v) is 9.80. The molecule has 2 aliphatic heterocycles. The minimum atomic E-state index is -4.97. The first-order valence-corrected chi connectivity index (χ1v) is 12.1. The smallest absolute Gasteiger partial charge is 0.404 e. The highest BCUT2D eigenvalue weighted by molar-refractivity contribution is 9.10. The summed E-state index contributed by atoms with van der Waals surface area (Å²) in [6.07, 6.45) is -1.72. The van der Waals surface area contributed by atoms with E-state index in [0.29, 0.717) is 24.0 Å². The number of carbonyl (C=O) groups is 1. The van der Waals surface area contributed by atoms with Crippen molar-refractivity contribution in [1.82, 2.24) is 14.5 Å². The Labute approximate surface area is 212 Å². The molecule has 0 spiro atoms. The van der Waals surface area contributed by atoms with Gasteiger partial charge >= 0.3 is 6.36 Å². The molecule has 3 atom stereocenters. The summed E-state index contributed by atoms with van der Waals surface area (Å²) in [6, 6.07) is 8.01. The Kier molecular flexibility index (Phi) is 6.52. The molecular weight excluding hydrogens is 545 g/mol. The van der Waals surface area contributed by atoms with Crippen LogP contribution in [-0.4, -0.2) is 58.1 Å². The maximum Gasteiger partial charge on any atom is 0.573 e. The second kappa shape index (κ2) is 9.49. The van der Waals surface area contributed by atoms with Crippen molar-refractivity contribution in [3.8, 4) is 11.4 Å². The van der Waals surface area contributed by atoms with Crippen LogP contribution < -0.4 is 15.6 Å². The van der Waals surface area contributed by atoms with Crippen molar-refractivity contribution in [3.63, 3.8) is 0 Å². The number of aromatic nitrogens is 2. The van der Waals surface area contributed by atoms with Gasteiger partial charge < -0.3 is 14.8 Å². The fraction of sp³-hybridized carbons (Fsp3) is 0.375. The van der Waals surface area contributed by atoms with Crippen LogP contribution in [0.15, 0.2) is 52.0 Å². The molecule has 2 bridgehead atoms. The van der Waals surface area contributed by atoms with Crippen molar-refractivity contribution >= 4 is 38.4 Å². The number of hydrogen-bond acceptors (Lipinski definition) is 6. The molecule has 190 valence electrons. The van der Waals surface area contributed by atoms with Gasteiger partial charge in [0.2, 0.25) is 5.91 Å². The SMILES string of the molecule is CC(C(=O)Nc1cc(-n2cnc3cc(Br)ccc3c2=O)ccc1OC(F)(F)F)N1CC2CCC(C1)O2. The first kappa shape index (κ1) is 24.7. The highest BCUT2D eigenvalue weighted by Gasteiger charge is 2.37. The summed E-state index contributed by atoms with van der Waals surface area (Å²) in [6.45, 7) is 2.85. The maximum absolute atomic E-state index is 13.1. The Morgan fingerprint density at radius 3 is 2.61 bits per heavy atom. The standard InChI is InChI=1S/C24H22BrF3N4O4/c1-13(31-10-16-4-5-17(11-31)35-16)22(33)30-20-9-15(3-7-21(20)36-24(26,27)28)32-12-29-19-8-14(25)2-6-18(19)23(32)34/h2-3,6-9,12-13,16-17H,4-5,10-11H2,1H3,(H,30,33). The van der Waals surface area contributed by atoms with Crippen LogP contribution >= 0.6 is 15.9 Å². The molecule has 1 aromatic heterocycles. The predicted molar refractivity (Wildman–Crippen MR) is 129 cm³/mol. The van der Waals surface area contributed by atoms with Crippen molar-refractivity contribution in [2.24, 2.45) is 0 Å². The fourth-order valence-corrected chi connectivity index (χ4v) is 4.97. The van der Waals surface area contributed by atoms with Gasteiger partial charge in [-0.3, -0.25) is 19.1 Å². The molecule has 2 fully saturated rings. The lowest BCUT2D eigenvalue weighted by Crippen LogP contribution is -2.51. The molecule has 8 nitrogen and oxygen atoms in total. The minimum Gasteiger partial charge on any atom is -0.404 e. The van der Waals surface area contributed by atoms with E-state index in [4.69, 9.17) is 4.74 Å². The van der Waals surface area contributed by atoms with E-state index < -0.39 is 29.6 Å². The lowest BCUT2D eigenvalue weighted by atomic mass is 10.2. The van der Waals surface area contributed by atoms with Crippen LogP contribution in [-0.2, 0) is 9.53 Å². The van der Waals surface area contributed by atoms with Gasteiger partial charge in [-0.2, -0.15) is 0 Å². The number of anilines is 1. The number of ether oxygens (including phenoxy) is 2. The van der Waals surface area contributed by atoms with E-state index in [0.717, 1.165) is 23.4 Å². The van der Waals surface area contributed by atoms with Gasteiger partial charge in [-0.25, -0.2) is 4.98 Å². The zero-order chi connectivity index (χ0) is 25.6. The average molecular weight is 567 g/mol. The molecule has 1 N–H and O–H groups in total. The van der Waals surface area contributed by atoms with Crippen molar-refractivity contribution in [1.29, 1.82) is 0 Å². The molecule has 2 aliphatic rings. The number of nitrogens with one attached hydrogen (secondary N) is 1. The van der Waals surface area contributed by atoms with E-state index in [1.807, 2.05) is 4.90 Å². The van der Waals surface area contributed by atoms with Gasteiger partial charge in [0, 0.05) is 17.6 Å². The Bertz CT molecular complexity index is 1370. The second-order valence-electron chi connectivity index (χ2n) is 8.89. The van der Waals surface area contributed by atoms with Crippen LogP contribution in [0.2, 0.25) is 0 Å². The van der Waals surface area contributed by atoms with Crippen molar-refractivity contribution in [2.75, 3.05) is 18.4 Å². The number of nitrogens with zero attached hydrogens (tertiary/aromatic N) is 3. The summed E-state index contributed by atoms with van der Waals surface area (Å²) in [5.74, 6) is -1.08. The molecule has 3 heterocycles. The predicted octanol–water partition coefficient (Wildman–Crippen LogP) is 4.24. The van der Waals surface area contributed by atoms with Crippen molar-refractivity contribution in [2.45, 2.75) is 44.4 Å². The number of alkyl halides is 3. The van der Waals surface area contributed by atoms with Crippen LogP contribution in [0.5, 0.6) is 5.75 Å². The van der Waals surface area contributed by atoms with Crippen molar-refractivity contribution < 1.29 is 27.4 Å². The first-order chi connectivity index (χ1) is 17.1. The Balaban J connectivity index is 1.47. The molecule has 1 amide bonds. The molecule has 0 saturated carbocycles. The molecule has 2 aromatic carbocycles. The van der Waals surface area contributed by atoms with Gasteiger partial charge in [-0.1, -0.05) is 15.9 Å². The molecule has 5 rings (SSSR count). The molecule has 3 unspecified atom stereocenters. The van der Waals surface area contributed by atoms with Gasteiger partial charge in [0.1, 0.15) is 6.33 Å². The van der Waals surface area contributed by atoms with E-state index in [1.165, 1.54) is 23.0 Å². The summed E-state index contributed by atoms with van der Waals surface area (Å²) >= 11 is 3.33. The summed E-state index contributed by atoms with van der Waals surface area (Å²) < 4.78 is 51.1. The Morgan fingerprint density at radius 2 is 1.92 bits per heavy atom. The van der Waals surface area contributed by atoms with E-state index in [-0.39, 0.29) is 23.6 Å². The summed E-state index contributed by atoms with van der Waals surface area (Å²) in [5.41, 5.74) is 0.0656. The summed E-state index contributed by atoms with van der Waals surface area (Å²) in [7, 11) is 0. The van der Waals surface area contributed by atoms with Gasteiger partial charge in [0.25, 0.3) is 5.56 Å². The number of amides is 1. The van der Waals surface area contributed by atoms with Crippen LogP contribution in [0.1, 0.15) is 19.8 Å². The highest BCUT2D eigenvalue weighted by Crippen LogP contribution is 2.33. The van der Waals surface area contributed by atoms with E-state index in [1.54, 1.807) is 25.1 Å². The third-order valence-corrected chi connectivity index (χ3v) is 6.94. The zero-order valence-electron chi connectivity index (χ0n) is 19.1. The highest BCUT2D eigenvalue weighted by atomic mass is 79.9. The van der Waals surface area contributed by atoms with Gasteiger partial charge in [0.15, 0.2) is 5.75 Å². The molecule has 2 saturated heterocycles. The van der Waals surface area contributed by atoms with Crippen molar-refractivity contribution in [3.05, 3.63) is 57.6 Å². The number of morpholine rings is 1. The Hall–Kier alpha value is -2.96. The van der Waals surface area contributed by atoms with E-state index in [9.17, 15) is 22.8 Å². The van der Waals surface area contributed by atoms with E-state index in [2.05, 4.69) is 31.0 Å². The number of benzene rings is 2. The Morgan fingerprint density at radius 1 is 1.19 bits per heavy atom. The topological polar surface area (TPSA) is 85.7 Å². The van der Waals surface area contributed by atoms with Crippen LogP contribution in [0, 0.1) is 0 Å². The average Bonchev–Trinajstić information content (AvgIpc) is 3.16. The monoisotopic (exact) mass is 566 g/mol. The number of hydrogen-bond donors (Lipinski definition) is 1. The fourth-order valence-electron chi connectivity index (χ4n) is 4.62. The molecule has 3 aromatic rings. The van der Waals surface area contributed by atoms with Crippen LogP contribution in [0.25, 0.3) is 16.6 Å². The van der Waals surface area contributed by atoms with E-state index >= 15 is 0 Å². The molecule has 12 heteroatoms. The normalized spacial score (nSPS) is 20.9. The quantitative estimate of drug-likeness (QED) is 0.497. The number of likely N-dealkylation sites (tertiary alicyclic amines) is 1.